The van der Waals surface area contributed by atoms with Gasteiger partial charge in [0, 0.05) is 18.6 Å². The van der Waals surface area contributed by atoms with E-state index in [0.29, 0.717) is 6.42 Å². The minimum absolute atomic E-state index is 0.200. The Morgan fingerprint density at radius 1 is 1.00 bits per heavy atom. The van der Waals surface area contributed by atoms with Crippen molar-refractivity contribution in [1.82, 2.24) is 4.90 Å². The van der Waals surface area contributed by atoms with Crippen LogP contribution in [0.4, 0.5) is 0 Å². The number of ether oxygens (including phenoxy) is 2. The standard InChI is InChI=1S/C16H25NO5/c1-2-3-4-5-6-7-16(20)22-13-12-21-11-10-17-14(18)8-9-15(17)19/h8-9H,2-7,10-13H2,1H3. The normalized spacial score (nSPS) is 14.0. The Hall–Kier alpha value is -1.69. The number of nitrogens with zero attached hydrogens (tertiary/aromatic N) is 1. The monoisotopic (exact) mass is 311 g/mol. The molecule has 0 atom stereocenters. The lowest BCUT2D eigenvalue weighted by Crippen LogP contribution is -2.33. The first-order chi connectivity index (χ1) is 10.6. The van der Waals surface area contributed by atoms with E-state index in [4.69, 9.17) is 9.47 Å². The summed E-state index contributed by atoms with van der Waals surface area (Å²) >= 11 is 0. The van der Waals surface area contributed by atoms with E-state index in [9.17, 15) is 14.4 Å². The number of esters is 1. The highest BCUT2D eigenvalue weighted by Gasteiger charge is 2.22. The summed E-state index contributed by atoms with van der Waals surface area (Å²) in [6.45, 7) is 3.09. The van der Waals surface area contributed by atoms with Crippen molar-refractivity contribution in [2.24, 2.45) is 0 Å². The van der Waals surface area contributed by atoms with Crippen molar-refractivity contribution in [2.45, 2.75) is 45.4 Å². The molecule has 0 saturated heterocycles. The molecule has 0 radical (unpaired) electrons. The van der Waals surface area contributed by atoms with Crippen molar-refractivity contribution in [3.8, 4) is 0 Å². The van der Waals surface area contributed by atoms with Gasteiger partial charge in [-0.15, -0.1) is 0 Å². The zero-order chi connectivity index (χ0) is 16.2. The van der Waals surface area contributed by atoms with Gasteiger partial charge < -0.3 is 9.47 Å². The largest absolute Gasteiger partial charge is 0.463 e. The lowest BCUT2D eigenvalue weighted by atomic mass is 10.1. The quantitative estimate of drug-likeness (QED) is 0.312. The van der Waals surface area contributed by atoms with Crippen molar-refractivity contribution >= 4 is 17.8 Å². The Kier molecular flexibility index (Phi) is 9.14. The smallest absolute Gasteiger partial charge is 0.305 e. The van der Waals surface area contributed by atoms with E-state index >= 15 is 0 Å². The van der Waals surface area contributed by atoms with Crippen LogP contribution in [-0.4, -0.2) is 49.0 Å². The molecule has 0 bridgehead atoms. The fraction of sp³-hybridized carbons (Fsp3) is 0.688. The van der Waals surface area contributed by atoms with Gasteiger partial charge in [-0.05, 0) is 6.42 Å². The van der Waals surface area contributed by atoms with E-state index < -0.39 is 0 Å². The van der Waals surface area contributed by atoms with Crippen molar-refractivity contribution in [1.29, 1.82) is 0 Å². The second-order valence-electron chi connectivity index (χ2n) is 5.16. The summed E-state index contributed by atoms with van der Waals surface area (Å²) in [6.07, 6.45) is 8.42. The van der Waals surface area contributed by atoms with Crippen LogP contribution in [-0.2, 0) is 23.9 Å². The number of imide groups is 1. The fourth-order valence-corrected chi connectivity index (χ4v) is 2.07. The molecule has 0 saturated carbocycles. The number of hydrogen-bond donors (Lipinski definition) is 0. The maximum Gasteiger partial charge on any atom is 0.305 e. The molecule has 124 valence electrons. The predicted octanol–water partition coefficient (Wildman–Crippen LogP) is 1.83. The van der Waals surface area contributed by atoms with E-state index in [1.807, 2.05) is 0 Å². The van der Waals surface area contributed by atoms with Gasteiger partial charge in [0.25, 0.3) is 11.8 Å². The van der Waals surface area contributed by atoms with Crippen LogP contribution < -0.4 is 0 Å². The summed E-state index contributed by atoms with van der Waals surface area (Å²) in [5.41, 5.74) is 0. The van der Waals surface area contributed by atoms with E-state index in [1.165, 1.54) is 25.0 Å². The fourth-order valence-electron chi connectivity index (χ4n) is 2.07. The van der Waals surface area contributed by atoms with Gasteiger partial charge in [-0.3, -0.25) is 19.3 Å². The molecule has 1 aliphatic heterocycles. The molecule has 2 amide bonds. The molecular formula is C16H25NO5. The number of carbonyl (C=O) groups excluding carboxylic acids is 3. The first-order valence-electron chi connectivity index (χ1n) is 7.92. The Labute approximate surface area is 131 Å². The molecule has 1 rings (SSSR count). The van der Waals surface area contributed by atoms with Gasteiger partial charge in [-0.2, -0.15) is 0 Å². The van der Waals surface area contributed by atoms with Crippen molar-refractivity contribution in [2.75, 3.05) is 26.4 Å². The van der Waals surface area contributed by atoms with Gasteiger partial charge in [0.2, 0.25) is 0 Å². The van der Waals surface area contributed by atoms with Crippen LogP contribution >= 0.6 is 0 Å². The molecule has 0 N–H and O–H groups in total. The molecule has 0 aromatic rings. The molecule has 1 aliphatic rings. The average molecular weight is 311 g/mol. The third kappa shape index (κ3) is 7.36. The first-order valence-corrected chi connectivity index (χ1v) is 7.92. The van der Waals surface area contributed by atoms with Crippen LogP contribution in [0.3, 0.4) is 0 Å². The molecule has 0 spiro atoms. The molecule has 1 heterocycles. The van der Waals surface area contributed by atoms with Crippen molar-refractivity contribution < 1.29 is 23.9 Å². The Morgan fingerprint density at radius 3 is 2.36 bits per heavy atom. The summed E-state index contributed by atoms with van der Waals surface area (Å²) in [4.78, 5) is 35.0. The third-order valence-electron chi connectivity index (χ3n) is 3.33. The highest BCUT2D eigenvalue weighted by molar-refractivity contribution is 6.12. The number of rotatable bonds is 12. The minimum atomic E-state index is -0.317. The first kappa shape index (κ1) is 18.4. The van der Waals surface area contributed by atoms with E-state index in [-0.39, 0.29) is 44.1 Å². The number of hydrogen-bond acceptors (Lipinski definition) is 5. The zero-order valence-corrected chi connectivity index (χ0v) is 13.2. The van der Waals surface area contributed by atoms with E-state index in [2.05, 4.69) is 6.92 Å². The summed E-state index contributed by atoms with van der Waals surface area (Å²) in [6, 6.07) is 0. The number of carbonyl (C=O) groups is 3. The van der Waals surface area contributed by atoms with Crippen LogP contribution in [0.1, 0.15) is 45.4 Å². The molecule has 0 aromatic heterocycles. The van der Waals surface area contributed by atoms with Gasteiger partial charge in [0.15, 0.2) is 0 Å². The molecule has 0 unspecified atom stereocenters. The van der Waals surface area contributed by atoms with Gasteiger partial charge in [-0.25, -0.2) is 0 Å². The van der Waals surface area contributed by atoms with Crippen LogP contribution in [0.25, 0.3) is 0 Å². The Bertz CT molecular complexity index is 387. The highest BCUT2D eigenvalue weighted by Crippen LogP contribution is 2.05. The highest BCUT2D eigenvalue weighted by atomic mass is 16.6. The van der Waals surface area contributed by atoms with Crippen LogP contribution in [0.15, 0.2) is 12.2 Å². The second-order valence-corrected chi connectivity index (χ2v) is 5.16. The summed E-state index contributed by atoms with van der Waals surface area (Å²) in [7, 11) is 0. The summed E-state index contributed by atoms with van der Waals surface area (Å²) < 4.78 is 10.3. The number of unbranched alkanes of at least 4 members (excludes halogenated alkanes) is 4. The molecule has 0 fully saturated rings. The molecule has 0 aliphatic carbocycles. The molecular weight excluding hydrogens is 286 g/mol. The van der Waals surface area contributed by atoms with E-state index in [0.717, 1.165) is 24.2 Å². The summed E-state index contributed by atoms with van der Waals surface area (Å²) in [5, 5.41) is 0. The maximum atomic E-state index is 11.4. The van der Waals surface area contributed by atoms with Crippen molar-refractivity contribution in [3.05, 3.63) is 12.2 Å². The average Bonchev–Trinajstić information content (AvgIpc) is 2.82. The summed E-state index contributed by atoms with van der Waals surface area (Å²) in [5.74, 6) is -0.833. The zero-order valence-electron chi connectivity index (χ0n) is 13.2. The lowest BCUT2D eigenvalue weighted by Gasteiger charge is -2.13. The topological polar surface area (TPSA) is 72.9 Å². The third-order valence-corrected chi connectivity index (χ3v) is 3.33. The van der Waals surface area contributed by atoms with Crippen molar-refractivity contribution in [3.63, 3.8) is 0 Å². The molecule has 22 heavy (non-hydrogen) atoms. The predicted molar refractivity (Wildman–Crippen MR) is 81.0 cm³/mol. The molecule has 0 aromatic carbocycles. The SMILES string of the molecule is CCCCCCCC(=O)OCCOCCN1C(=O)C=CC1=O. The molecule has 6 heteroatoms. The van der Waals surface area contributed by atoms with Crippen LogP contribution in [0.5, 0.6) is 0 Å². The van der Waals surface area contributed by atoms with Crippen LogP contribution in [0.2, 0.25) is 0 Å². The van der Waals surface area contributed by atoms with E-state index in [1.54, 1.807) is 0 Å². The van der Waals surface area contributed by atoms with Crippen LogP contribution in [0, 0.1) is 0 Å². The maximum absolute atomic E-state index is 11.4. The Balaban J connectivity index is 1.91. The van der Waals surface area contributed by atoms with Gasteiger partial charge in [-0.1, -0.05) is 32.6 Å². The van der Waals surface area contributed by atoms with Gasteiger partial charge in [0.1, 0.15) is 6.61 Å². The minimum Gasteiger partial charge on any atom is -0.463 e. The number of amides is 2. The van der Waals surface area contributed by atoms with Gasteiger partial charge >= 0.3 is 5.97 Å². The van der Waals surface area contributed by atoms with Gasteiger partial charge in [0.05, 0.1) is 19.8 Å². The Morgan fingerprint density at radius 2 is 1.68 bits per heavy atom. The molecule has 6 nitrogen and oxygen atoms in total. The lowest BCUT2D eigenvalue weighted by molar-refractivity contribution is -0.145. The second kappa shape index (κ2) is 11.0.